The Morgan fingerprint density at radius 2 is 0.692 bits per heavy atom. The quantitative estimate of drug-likeness (QED) is 0.233. The first-order valence-electron chi connectivity index (χ1n) is 48.3. The molecular weight excluding hydrogens is 1810 g/mol. The van der Waals surface area contributed by atoms with Crippen LogP contribution < -0.4 is 0 Å². The topological polar surface area (TPSA) is 0 Å². The Balaban J connectivity index is -0.000000453. The fourth-order valence-corrected chi connectivity index (χ4v) is 18.0. The molecule has 0 aliphatic heterocycles. The number of alkyl halides is 30. The molecule has 30 heteroatoms. The highest BCUT2D eigenvalue weighted by Crippen LogP contribution is 2.64. The van der Waals surface area contributed by atoms with Crippen LogP contribution in [0, 0.1) is 166 Å². The van der Waals surface area contributed by atoms with Crippen LogP contribution in [0.1, 0.15) is 432 Å². The first-order valence-corrected chi connectivity index (χ1v) is 48.3. The summed E-state index contributed by atoms with van der Waals surface area (Å²) in [6, 6.07) is 0. The molecule has 2 bridgehead atoms. The summed E-state index contributed by atoms with van der Waals surface area (Å²) >= 11 is 0. The van der Waals surface area contributed by atoms with E-state index in [1.165, 1.54) is 66.7 Å². The van der Waals surface area contributed by atoms with Crippen molar-refractivity contribution in [2.45, 2.75) is 493 Å². The second kappa shape index (κ2) is 51.4. The van der Waals surface area contributed by atoms with Gasteiger partial charge in [-0.2, -0.15) is 132 Å². The molecule has 0 heterocycles. The van der Waals surface area contributed by atoms with Crippen molar-refractivity contribution in [3.8, 4) is 0 Å². The van der Waals surface area contributed by atoms with E-state index < -0.39 is 149 Å². The van der Waals surface area contributed by atoms with Gasteiger partial charge in [-0.05, 0) is 223 Å². The van der Waals surface area contributed by atoms with Crippen LogP contribution >= 0.6 is 0 Å². The number of fused-ring (bicyclic) bond motifs is 3. The minimum absolute atomic E-state index is 0. The molecule has 0 amide bonds. The minimum Gasteiger partial charge on any atom is -0.171 e. The Bertz CT molecular complexity index is 3030. The summed E-state index contributed by atoms with van der Waals surface area (Å²) in [7, 11) is 0. The van der Waals surface area contributed by atoms with Gasteiger partial charge in [-0.1, -0.05) is 329 Å². The van der Waals surface area contributed by atoms with Crippen LogP contribution in [0.4, 0.5) is 132 Å². The summed E-state index contributed by atoms with van der Waals surface area (Å²) in [5.74, 6) is -0.848. The number of rotatable bonds is 6. The Morgan fingerprint density at radius 1 is 0.301 bits per heavy atom. The van der Waals surface area contributed by atoms with Crippen LogP contribution in [0.2, 0.25) is 0 Å². The first-order chi connectivity index (χ1) is 57.7. The van der Waals surface area contributed by atoms with E-state index in [2.05, 4.69) is 104 Å². The van der Waals surface area contributed by atoms with Crippen molar-refractivity contribution in [1.29, 1.82) is 0 Å². The molecule has 0 N–H and O–H groups in total. The molecule has 8 fully saturated rings. The SMILES string of the molecule is C.CC(C)(C)C(C)(C)C(C)(C)C(F)(F)F.CC(C)C(C)(C)C(C)(C)C.CC(C)C(C)(C)C(C)C(F)(F)F.CC(C)[C@@H](C)C(C)(C)C.CC1CCC(C(F)(F)F)(C(F)(F)F)CC1.CC1CCC(C(F)(F)F)CC1.CC1CCCC(C(F)(F)F)[C@@H]1C.C[C@@H]1CCCC(C(F)(F)F)C1.C[C@@H]1CCCCC1(C(F)(F)F)C(F)(F)F.C[C@H](C(C)(C)C)C(C)(C)C(F)(F)F.C[C@H]1CC2CCC1(C)CC2. The summed E-state index contributed by atoms with van der Waals surface area (Å²) in [4.78, 5) is 0. The number of hydrogen-bond acceptors (Lipinski definition) is 0. The molecule has 0 aromatic rings. The van der Waals surface area contributed by atoms with E-state index >= 15 is 0 Å². The molecule has 0 spiro atoms. The maximum absolute atomic E-state index is 12.9. The van der Waals surface area contributed by atoms with Gasteiger partial charge in [0.2, 0.25) is 0 Å². The van der Waals surface area contributed by atoms with Gasteiger partial charge >= 0.3 is 61.8 Å². The van der Waals surface area contributed by atoms with Gasteiger partial charge in [-0.25, -0.2) is 0 Å². The van der Waals surface area contributed by atoms with Crippen molar-refractivity contribution in [1.82, 2.24) is 0 Å². The monoisotopic (exact) mass is 1990 g/mol. The van der Waals surface area contributed by atoms with E-state index in [0.717, 1.165) is 80.5 Å². The lowest BCUT2D eigenvalue weighted by molar-refractivity contribution is -0.364. The van der Waals surface area contributed by atoms with Crippen LogP contribution in [0.25, 0.3) is 0 Å². The summed E-state index contributed by atoms with van der Waals surface area (Å²) in [5, 5.41) is 0. The highest BCUT2D eigenvalue weighted by atomic mass is 19.5. The van der Waals surface area contributed by atoms with Gasteiger partial charge in [0.25, 0.3) is 0 Å². The van der Waals surface area contributed by atoms with Gasteiger partial charge < -0.3 is 0 Å². The molecule has 808 valence electrons. The minimum atomic E-state index is -5.20. The summed E-state index contributed by atoms with van der Waals surface area (Å²) in [5.41, 5.74) is -10.4. The zero-order valence-corrected chi connectivity index (χ0v) is 88.1. The molecule has 8 saturated carbocycles. The van der Waals surface area contributed by atoms with E-state index in [4.69, 9.17) is 0 Å². The van der Waals surface area contributed by atoms with E-state index in [0.29, 0.717) is 60.7 Å². The van der Waals surface area contributed by atoms with Crippen molar-refractivity contribution in [3.05, 3.63) is 0 Å². The zero-order chi connectivity index (χ0) is 107. The first kappa shape index (κ1) is 139. The molecule has 8 aliphatic carbocycles. The van der Waals surface area contributed by atoms with Crippen LogP contribution in [0.3, 0.4) is 0 Å². The molecule has 0 aromatic heterocycles. The van der Waals surface area contributed by atoms with E-state index in [1.54, 1.807) is 48.5 Å². The fraction of sp³-hybridized carbons (Fsp3) is 1.00. The third-order valence-corrected chi connectivity index (χ3v) is 34.7. The molecular formula is C103H186F30. The van der Waals surface area contributed by atoms with Crippen LogP contribution in [-0.4, -0.2) is 61.8 Å². The standard InChI is InChI=1S/C11H21F3.C10H19F3.C10H18.C10H22.2C9H12F6.C9H15F3.C9H17F3.C9H20.2C8H13F3.CH4/c1-8(2,3)9(4,5)10(6,7)11(12,13)14;1-7(8(2,3)4)9(5,6)10(11,12)13;1-8-7-9-3-5-10(8,2)6-4-9;1-8(2)10(6,7)9(3,4)5;1-6-2-4-7(5-3-6,8(10,11)12)9(13,14)15;1-6-4-2-3-5-7(6,8(10,11)12)9(13,14)15;1-6-4-3-5-8(7(6)2)9(10,11)12;1-6(2)8(4,5)7(3)9(10,11)12;1-7(2)8(3)9(4,5)6;1-6-2-4-7(5-3-6)8(9,10)11;1-6-3-2-4-7(5-6)8(9,10)11;/h1-7H3;7H,1-6H3;8-9H,3-7H2,1-2H3;8H,1-7H3;2*6H,2-5H2,1H3;6-8H,3-5H2,1-2H3;6-7H,1-5H3;7-8H,1-6H3;2*6-7H,2-5H2,1H3;1H4/t;7-;8-,9?,10?;;;6-;6?,7-,8?;;8-;;6-,7?;/m.10..11.1.1./s1. The predicted molar refractivity (Wildman–Crippen MR) is 488 cm³/mol. The Morgan fingerprint density at radius 3 is 0.895 bits per heavy atom. The average molecular weight is 1990 g/mol. The van der Waals surface area contributed by atoms with Gasteiger partial charge in [0.1, 0.15) is 0 Å². The molecule has 8 aliphatic rings. The summed E-state index contributed by atoms with van der Waals surface area (Å²) < 4.78 is 374. The Hall–Kier alpha value is -2.10. The molecule has 10 atom stereocenters. The van der Waals surface area contributed by atoms with Gasteiger partial charge in [0.15, 0.2) is 10.8 Å². The average Bonchev–Trinajstić information content (AvgIpc) is 0.743. The molecule has 4 unspecified atom stereocenters. The third kappa shape index (κ3) is 42.0. The second-order valence-electron chi connectivity index (χ2n) is 49.1. The maximum Gasteiger partial charge on any atom is 0.403 e. The lowest BCUT2D eigenvalue weighted by Gasteiger charge is -2.51. The molecule has 0 saturated heterocycles. The Labute approximate surface area is 787 Å². The van der Waals surface area contributed by atoms with Gasteiger partial charge in [0.05, 0.1) is 34.5 Å². The largest absolute Gasteiger partial charge is 0.403 e. The van der Waals surface area contributed by atoms with Crippen LogP contribution in [0.5, 0.6) is 0 Å². The van der Waals surface area contributed by atoms with E-state index in [-0.39, 0.29) is 73.5 Å². The van der Waals surface area contributed by atoms with Crippen molar-refractivity contribution in [3.63, 3.8) is 0 Å². The van der Waals surface area contributed by atoms with Crippen molar-refractivity contribution in [2.24, 2.45) is 166 Å². The normalized spacial score (nSPS) is 26.0. The highest BCUT2D eigenvalue weighted by molar-refractivity contribution is 5.02. The number of halogens is 30. The molecule has 0 aromatic carbocycles. The van der Waals surface area contributed by atoms with Gasteiger partial charge in [-0.15, -0.1) is 0 Å². The van der Waals surface area contributed by atoms with Gasteiger partial charge in [0, 0.05) is 0 Å². The molecule has 8 rings (SSSR count). The van der Waals surface area contributed by atoms with Crippen LogP contribution in [0.15, 0.2) is 0 Å². The smallest absolute Gasteiger partial charge is 0.171 e. The summed E-state index contributed by atoms with van der Waals surface area (Å²) in [6.07, 6.45) is -33.0. The molecule has 0 nitrogen and oxygen atoms in total. The fourth-order valence-electron chi connectivity index (χ4n) is 18.0. The highest BCUT2D eigenvalue weighted by Gasteiger charge is 2.73. The number of hydrogen-bond donors (Lipinski definition) is 0. The third-order valence-electron chi connectivity index (χ3n) is 34.7. The summed E-state index contributed by atoms with van der Waals surface area (Å²) in [6.45, 7) is 74.6. The Kier molecular flexibility index (Phi) is 53.9. The van der Waals surface area contributed by atoms with Crippen molar-refractivity contribution >= 4 is 0 Å². The predicted octanol–water partition coefficient (Wildman–Crippen LogP) is 42.7. The van der Waals surface area contributed by atoms with Crippen LogP contribution in [-0.2, 0) is 0 Å². The molecule has 133 heavy (non-hydrogen) atoms. The second-order valence-corrected chi connectivity index (χ2v) is 49.1. The lowest BCUT2D eigenvalue weighted by atomic mass is 9.55. The lowest BCUT2D eigenvalue weighted by Crippen LogP contribution is -2.55. The van der Waals surface area contributed by atoms with Crippen molar-refractivity contribution < 1.29 is 132 Å². The zero-order valence-electron chi connectivity index (χ0n) is 88.1. The van der Waals surface area contributed by atoms with Gasteiger partial charge in [-0.3, -0.25) is 0 Å². The molecule has 0 radical (unpaired) electrons. The van der Waals surface area contributed by atoms with E-state index in [1.807, 2.05) is 76.2 Å². The van der Waals surface area contributed by atoms with Crippen molar-refractivity contribution in [2.75, 3.05) is 0 Å². The van der Waals surface area contributed by atoms with E-state index in [9.17, 15) is 132 Å². The maximum atomic E-state index is 12.9.